The van der Waals surface area contributed by atoms with Gasteiger partial charge in [0.2, 0.25) is 11.8 Å². The number of nitrogens with zero attached hydrogens (tertiary/aromatic N) is 7. The average Bonchev–Trinajstić information content (AvgIpc) is 3.86. The number of aliphatic hydroxyl groups is 1. The maximum absolute atomic E-state index is 13.8. The number of aromatic nitrogens is 2. The van der Waals surface area contributed by atoms with E-state index in [1.54, 1.807) is 6.20 Å². The van der Waals surface area contributed by atoms with Crippen LogP contribution in [-0.2, 0) is 14.4 Å². The summed E-state index contributed by atoms with van der Waals surface area (Å²) in [7, 11) is 0. The van der Waals surface area contributed by atoms with Gasteiger partial charge in [-0.3, -0.25) is 50.4 Å². The van der Waals surface area contributed by atoms with Crippen molar-refractivity contribution >= 4 is 45.6 Å². The summed E-state index contributed by atoms with van der Waals surface area (Å²) in [4.78, 5) is 59.0. The standard InChI is InChI=1S/C49H66N12O5/c1-48(66)17-3-2-4-21-59-45(64)38-31-50-47(55-43(38)61(59)41-7-5-6-40(48)53-41)52-33-8-10-34(11-9-33)57-24-26-58(27-25-57)36-16-18-49(29-36)19-22-56(23-20-49)35-12-13-37-32(28-35)30-51-60(46(37)65)39-14-15-42(62)54-44(39)63/h2,4,8-13,28,30,36,38-41,43,47,50,52-53,55,66H,3,5-7,14-27,29,31H2,1H3,(H,54,62,63)/b4-2-/t36?,38?,39?,40?,41?,43?,47?,48-/m1/s1. The molecule has 11 rings (SSSR count). The summed E-state index contributed by atoms with van der Waals surface area (Å²) >= 11 is 0. The van der Waals surface area contributed by atoms with E-state index < -0.39 is 17.6 Å². The topological polar surface area (TPSA) is 183 Å². The molecule has 17 nitrogen and oxygen atoms in total. The van der Waals surface area contributed by atoms with Crippen molar-refractivity contribution < 1.29 is 19.5 Å². The fourth-order valence-electron chi connectivity index (χ4n) is 12.7. The van der Waals surface area contributed by atoms with Crippen LogP contribution in [-0.4, -0.2) is 136 Å². The number of piperazine rings is 1. The lowest BCUT2D eigenvalue weighted by Crippen LogP contribution is -2.69. The number of anilines is 3. The predicted molar refractivity (Wildman–Crippen MR) is 252 cm³/mol. The summed E-state index contributed by atoms with van der Waals surface area (Å²) in [5.41, 5.74) is 2.63. The molecule has 7 fully saturated rings. The Balaban J connectivity index is 0.659. The van der Waals surface area contributed by atoms with Crippen molar-refractivity contribution in [3.63, 3.8) is 0 Å². The Bertz CT molecular complexity index is 2410. The third-order valence-corrected chi connectivity index (χ3v) is 16.6. The Kier molecular flexibility index (Phi) is 11.7. The fourth-order valence-corrected chi connectivity index (χ4v) is 12.7. The molecule has 7 aliphatic heterocycles. The van der Waals surface area contributed by atoms with E-state index in [0.29, 0.717) is 36.4 Å². The summed E-state index contributed by atoms with van der Waals surface area (Å²) in [6.45, 7) is 9.19. The molecule has 0 radical (unpaired) electrons. The monoisotopic (exact) mass is 903 g/mol. The van der Waals surface area contributed by atoms with Crippen LogP contribution in [0.2, 0.25) is 0 Å². The second-order valence-corrected chi connectivity index (χ2v) is 20.6. The minimum Gasteiger partial charge on any atom is -0.389 e. The van der Waals surface area contributed by atoms with Gasteiger partial charge in [-0.15, -0.1) is 0 Å². The van der Waals surface area contributed by atoms with Gasteiger partial charge < -0.3 is 20.2 Å². The molecule has 1 spiro atoms. The van der Waals surface area contributed by atoms with Crippen LogP contribution in [0.3, 0.4) is 0 Å². The number of rotatable bonds is 6. The van der Waals surface area contributed by atoms with Crippen LogP contribution in [0.25, 0.3) is 10.8 Å². The highest BCUT2D eigenvalue weighted by Gasteiger charge is 2.53. The first kappa shape index (κ1) is 43.6. The fraction of sp³-hybridized carbons (Fsp3) is 0.612. The maximum Gasteiger partial charge on any atom is 0.275 e. The van der Waals surface area contributed by atoms with Crippen LogP contribution in [0.1, 0.15) is 90.0 Å². The highest BCUT2D eigenvalue weighted by Crippen LogP contribution is 2.48. The maximum atomic E-state index is 13.8. The molecule has 3 aromatic rings. The van der Waals surface area contributed by atoms with Crippen LogP contribution < -0.4 is 41.9 Å². The number of amides is 3. The van der Waals surface area contributed by atoms with Crippen molar-refractivity contribution in [3.05, 3.63) is 71.2 Å². The first-order valence-electron chi connectivity index (χ1n) is 24.7. The zero-order valence-electron chi connectivity index (χ0n) is 38.2. The van der Waals surface area contributed by atoms with Gasteiger partial charge in [0.05, 0.1) is 42.0 Å². The van der Waals surface area contributed by atoms with Gasteiger partial charge >= 0.3 is 0 Å². The quantitative estimate of drug-likeness (QED) is 0.157. The van der Waals surface area contributed by atoms with Gasteiger partial charge in [0.25, 0.3) is 11.5 Å². The minimum atomic E-state index is -0.808. The van der Waals surface area contributed by atoms with Crippen LogP contribution in [0, 0.1) is 11.3 Å². The van der Waals surface area contributed by atoms with E-state index in [2.05, 4.69) is 93.9 Å². The molecule has 352 valence electrons. The minimum absolute atomic E-state index is 0.0199. The Hall–Kier alpha value is -4.91. The molecule has 2 aromatic carbocycles. The van der Waals surface area contributed by atoms with Crippen LogP contribution in [0.4, 0.5) is 17.1 Å². The van der Waals surface area contributed by atoms with Crippen molar-refractivity contribution in [3.8, 4) is 0 Å². The molecule has 8 aliphatic rings. The van der Waals surface area contributed by atoms with E-state index >= 15 is 0 Å². The van der Waals surface area contributed by atoms with E-state index in [1.165, 1.54) is 42.5 Å². The first-order valence-corrected chi connectivity index (χ1v) is 24.7. The Labute approximate surface area is 386 Å². The van der Waals surface area contributed by atoms with E-state index in [0.717, 1.165) is 81.7 Å². The van der Waals surface area contributed by atoms with Crippen molar-refractivity contribution in [2.75, 3.05) is 67.5 Å². The van der Waals surface area contributed by atoms with Gasteiger partial charge in [0.1, 0.15) is 12.3 Å². The number of hydrogen-bond acceptors (Lipinski definition) is 14. The Morgan fingerprint density at radius 1 is 0.833 bits per heavy atom. The lowest BCUT2D eigenvalue weighted by Gasteiger charge is -2.47. The van der Waals surface area contributed by atoms with E-state index in [4.69, 9.17) is 0 Å². The van der Waals surface area contributed by atoms with Crippen LogP contribution in [0.5, 0.6) is 0 Å². The summed E-state index contributed by atoms with van der Waals surface area (Å²) in [6.07, 6.45) is 16.4. The van der Waals surface area contributed by atoms with Crippen molar-refractivity contribution in [2.45, 2.75) is 126 Å². The number of fused-ring (bicyclic) bond motifs is 7. The van der Waals surface area contributed by atoms with Crippen molar-refractivity contribution in [1.82, 2.24) is 46.0 Å². The SMILES string of the molecule is C[C@@]1(O)CC/C=C\CN2C(=O)C3CNC(Nc4ccc(N5CCN(C6CCC7(CCN(c8ccc9c(=O)n(C%10CCC(=O)NC%10=O)ncc9c8)CC7)C6)CC5)cc4)NC3N2C2CCCC1N2. The van der Waals surface area contributed by atoms with Crippen LogP contribution >= 0.6 is 0 Å². The summed E-state index contributed by atoms with van der Waals surface area (Å²) in [5, 5.41) is 38.2. The summed E-state index contributed by atoms with van der Waals surface area (Å²) < 4.78 is 1.23. The number of piperidine rings is 3. The molecular formula is C49H66N12O5. The lowest BCUT2D eigenvalue weighted by molar-refractivity contribution is -0.146. The number of nitrogens with one attached hydrogen (secondary N) is 5. The molecule has 17 heteroatoms. The lowest BCUT2D eigenvalue weighted by atomic mass is 9.76. The molecular weight excluding hydrogens is 837 g/mol. The van der Waals surface area contributed by atoms with Gasteiger partial charge in [-0.2, -0.15) is 10.1 Å². The van der Waals surface area contributed by atoms with Gasteiger partial charge in [-0.1, -0.05) is 12.2 Å². The molecule has 8 heterocycles. The molecule has 3 amide bonds. The van der Waals surface area contributed by atoms with E-state index in [-0.39, 0.29) is 60.8 Å². The first-order chi connectivity index (χ1) is 32.0. The molecule has 7 unspecified atom stereocenters. The number of hydrogen-bond donors (Lipinski definition) is 6. The second-order valence-electron chi connectivity index (χ2n) is 20.6. The number of hydrazine groups is 1. The highest BCUT2D eigenvalue weighted by atomic mass is 16.3. The second kappa shape index (κ2) is 17.6. The summed E-state index contributed by atoms with van der Waals surface area (Å²) in [5.74, 6) is -0.849. The van der Waals surface area contributed by atoms with Gasteiger partial charge in [-0.25, -0.2) is 4.68 Å². The molecule has 6 N–H and O–H groups in total. The predicted octanol–water partition coefficient (Wildman–Crippen LogP) is 2.79. The van der Waals surface area contributed by atoms with Crippen molar-refractivity contribution in [1.29, 1.82) is 0 Å². The Morgan fingerprint density at radius 3 is 2.42 bits per heavy atom. The third kappa shape index (κ3) is 8.29. The molecule has 6 saturated heterocycles. The number of benzene rings is 2. The molecule has 8 atom stereocenters. The van der Waals surface area contributed by atoms with Crippen LogP contribution in [0.15, 0.2) is 65.6 Å². The molecule has 1 saturated carbocycles. The van der Waals surface area contributed by atoms with Crippen molar-refractivity contribution in [2.24, 2.45) is 11.3 Å². The number of carbonyl (C=O) groups excluding carboxylic acids is 3. The normalized spacial score (nSPS) is 33.6. The highest BCUT2D eigenvalue weighted by molar-refractivity contribution is 5.99. The smallest absolute Gasteiger partial charge is 0.275 e. The van der Waals surface area contributed by atoms with E-state index in [9.17, 15) is 24.3 Å². The average molecular weight is 903 g/mol. The molecule has 2 bridgehead atoms. The van der Waals surface area contributed by atoms with Gasteiger partial charge in [0, 0.05) is 86.8 Å². The molecule has 1 aliphatic carbocycles. The zero-order valence-corrected chi connectivity index (χ0v) is 38.2. The van der Waals surface area contributed by atoms with E-state index in [1.807, 2.05) is 24.1 Å². The third-order valence-electron chi connectivity index (χ3n) is 16.6. The van der Waals surface area contributed by atoms with Gasteiger partial charge in [-0.05, 0) is 125 Å². The number of carbonyl (C=O) groups is 3. The number of allylic oxidation sites excluding steroid dienone is 1. The zero-order chi connectivity index (χ0) is 45.2. The van der Waals surface area contributed by atoms with Gasteiger partial charge in [0.15, 0.2) is 0 Å². The number of imide groups is 1. The Morgan fingerprint density at radius 2 is 1.62 bits per heavy atom. The largest absolute Gasteiger partial charge is 0.389 e. The summed E-state index contributed by atoms with van der Waals surface area (Å²) in [6, 6.07) is 14.6. The molecule has 66 heavy (non-hydrogen) atoms. The molecule has 1 aromatic heterocycles.